The van der Waals surface area contributed by atoms with E-state index in [1.165, 1.54) is 0 Å². The van der Waals surface area contributed by atoms with Crippen molar-refractivity contribution >= 4 is 5.91 Å². The summed E-state index contributed by atoms with van der Waals surface area (Å²) in [5.74, 6) is -0.970. The highest BCUT2D eigenvalue weighted by molar-refractivity contribution is 5.75. The molecule has 1 aromatic rings. The van der Waals surface area contributed by atoms with E-state index in [0.29, 0.717) is 24.4 Å². The van der Waals surface area contributed by atoms with E-state index in [9.17, 15) is 20.6 Å². The standard InChI is InChI=1S/C20H18N6O2/c21-7-15-14-5-6-26-8-16(14)18(20(10-22,11-23)19(15)25)12-1-3-13(4-2-12)28-9-17(24)27/h1-5,16,18,26H,6,8-9,25H2,(H2,24,27)/t16-,18-/m1/s1. The van der Waals surface area contributed by atoms with Gasteiger partial charge in [-0.05, 0) is 23.3 Å². The molecule has 1 amide bonds. The second-order valence-electron chi connectivity index (χ2n) is 6.66. The van der Waals surface area contributed by atoms with Gasteiger partial charge < -0.3 is 21.5 Å². The van der Waals surface area contributed by atoms with Crippen molar-refractivity contribution in [3.8, 4) is 24.0 Å². The number of nitrogens with two attached hydrogens (primary N) is 2. The number of hydrogen-bond donors (Lipinski definition) is 3. The van der Waals surface area contributed by atoms with Gasteiger partial charge in [-0.2, -0.15) is 15.8 Å². The molecule has 0 bridgehead atoms. The maximum absolute atomic E-state index is 10.9. The fourth-order valence-electron chi connectivity index (χ4n) is 3.91. The van der Waals surface area contributed by atoms with Gasteiger partial charge in [0.2, 0.25) is 0 Å². The smallest absolute Gasteiger partial charge is 0.255 e. The quantitative estimate of drug-likeness (QED) is 0.693. The number of carbonyl (C=O) groups is 1. The first-order valence-corrected chi connectivity index (χ1v) is 8.63. The number of rotatable bonds is 4. The summed E-state index contributed by atoms with van der Waals surface area (Å²) in [5.41, 5.74) is 11.3. The monoisotopic (exact) mass is 374 g/mol. The zero-order valence-corrected chi connectivity index (χ0v) is 15.0. The van der Waals surface area contributed by atoms with Crippen molar-refractivity contribution in [2.45, 2.75) is 5.92 Å². The number of amides is 1. The zero-order chi connectivity index (χ0) is 20.3. The summed E-state index contributed by atoms with van der Waals surface area (Å²) < 4.78 is 5.27. The first-order chi connectivity index (χ1) is 13.5. The van der Waals surface area contributed by atoms with Crippen LogP contribution in [-0.4, -0.2) is 25.6 Å². The van der Waals surface area contributed by atoms with Gasteiger partial charge >= 0.3 is 0 Å². The van der Waals surface area contributed by atoms with Crippen LogP contribution in [0.5, 0.6) is 5.75 Å². The molecule has 8 heteroatoms. The van der Waals surface area contributed by atoms with Gasteiger partial charge in [0.1, 0.15) is 11.8 Å². The number of carbonyl (C=O) groups excluding carboxylic acids is 1. The highest BCUT2D eigenvalue weighted by atomic mass is 16.5. The summed E-state index contributed by atoms with van der Waals surface area (Å²) in [6.07, 6.45) is 1.88. The van der Waals surface area contributed by atoms with Crippen molar-refractivity contribution in [2.24, 2.45) is 22.8 Å². The molecule has 2 aliphatic rings. The number of ether oxygens (including phenoxy) is 1. The second kappa shape index (κ2) is 7.44. The number of primary amides is 1. The summed E-state index contributed by atoms with van der Waals surface area (Å²) in [6, 6.07) is 13.0. The van der Waals surface area contributed by atoms with Crippen LogP contribution in [0.25, 0.3) is 0 Å². The molecule has 1 aliphatic heterocycles. The summed E-state index contributed by atoms with van der Waals surface area (Å²) in [6.45, 7) is 0.854. The third-order valence-electron chi connectivity index (χ3n) is 5.17. The molecule has 3 rings (SSSR count). The Hall–Kier alpha value is -3.80. The van der Waals surface area contributed by atoms with Crippen LogP contribution in [0.1, 0.15) is 11.5 Å². The molecular weight excluding hydrogens is 356 g/mol. The van der Waals surface area contributed by atoms with Gasteiger partial charge in [-0.15, -0.1) is 0 Å². The first kappa shape index (κ1) is 19.0. The highest BCUT2D eigenvalue weighted by Gasteiger charge is 2.53. The van der Waals surface area contributed by atoms with E-state index in [2.05, 4.69) is 23.5 Å². The third-order valence-corrected chi connectivity index (χ3v) is 5.17. The van der Waals surface area contributed by atoms with Crippen molar-refractivity contribution in [1.29, 1.82) is 15.8 Å². The highest BCUT2D eigenvalue weighted by Crippen LogP contribution is 2.53. The van der Waals surface area contributed by atoms with Gasteiger partial charge in [-0.25, -0.2) is 0 Å². The number of nitriles is 3. The van der Waals surface area contributed by atoms with E-state index < -0.39 is 17.2 Å². The molecule has 0 fully saturated rings. The van der Waals surface area contributed by atoms with Crippen LogP contribution in [0.15, 0.2) is 47.2 Å². The maximum Gasteiger partial charge on any atom is 0.255 e. The normalized spacial score (nSPS) is 22.7. The zero-order valence-electron chi connectivity index (χ0n) is 15.0. The fourth-order valence-corrected chi connectivity index (χ4v) is 3.91. The van der Waals surface area contributed by atoms with Gasteiger partial charge in [0.05, 0.1) is 23.4 Å². The molecule has 5 N–H and O–H groups in total. The van der Waals surface area contributed by atoms with E-state index in [-0.39, 0.29) is 23.8 Å². The number of hydrogen-bond acceptors (Lipinski definition) is 7. The lowest BCUT2D eigenvalue weighted by molar-refractivity contribution is -0.119. The van der Waals surface area contributed by atoms with Crippen LogP contribution in [0.2, 0.25) is 0 Å². The molecule has 1 aliphatic carbocycles. The van der Waals surface area contributed by atoms with Crippen molar-refractivity contribution in [1.82, 2.24) is 5.32 Å². The first-order valence-electron chi connectivity index (χ1n) is 8.63. The average Bonchev–Trinajstić information content (AvgIpc) is 2.72. The summed E-state index contributed by atoms with van der Waals surface area (Å²) in [4.78, 5) is 10.9. The van der Waals surface area contributed by atoms with Crippen LogP contribution >= 0.6 is 0 Å². The van der Waals surface area contributed by atoms with Gasteiger partial charge in [0.25, 0.3) is 5.91 Å². The van der Waals surface area contributed by atoms with Gasteiger partial charge in [-0.3, -0.25) is 4.79 Å². The number of allylic oxidation sites excluding steroid dienone is 2. The van der Waals surface area contributed by atoms with Crippen LogP contribution in [0.4, 0.5) is 0 Å². The Balaban J connectivity index is 2.11. The predicted molar refractivity (Wildman–Crippen MR) is 98.8 cm³/mol. The number of nitrogens with one attached hydrogen (secondary N) is 1. The van der Waals surface area contributed by atoms with Crippen molar-refractivity contribution in [2.75, 3.05) is 19.7 Å². The Morgan fingerprint density at radius 2 is 1.93 bits per heavy atom. The number of benzene rings is 1. The molecule has 0 saturated carbocycles. The molecule has 140 valence electrons. The molecule has 0 radical (unpaired) electrons. The molecule has 28 heavy (non-hydrogen) atoms. The molecule has 0 spiro atoms. The van der Waals surface area contributed by atoms with Crippen LogP contribution < -0.4 is 21.5 Å². The predicted octanol–water partition coefficient (Wildman–Crippen LogP) is 0.564. The Labute approximate surface area is 162 Å². The number of fused-ring (bicyclic) bond motifs is 1. The lowest BCUT2D eigenvalue weighted by Gasteiger charge is -2.43. The minimum atomic E-state index is -1.66. The lowest BCUT2D eigenvalue weighted by Crippen LogP contribution is -2.46. The average molecular weight is 374 g/mol. The van der Waals surface area contributed by atoms with Crippen molar-refractivity contribution in [3.05, 3.63) is 52.7 Å². The molecule has 1 aromatic carbocycles. The largest absolute Gasteiger partial charge is 0.484 e. The van der Waals surface area contributed by atoms with E-state index in [1.807, 2.05) is 6.08 Å². The molecule has 1 heterocycles. The molecule has 0 aromatic heterocycles. The maximum atomic E-state index is 10.9. The summed E-state index contributed by atoms with van der Waals surface area (Å²) in [5, 5.41) is 32.7. The Morgan fingerprint density at radius 1 is 1.25 bits per heavy atom. The van der Waals surface area contributed by atoms with Gasteiger partial charge in [0, 0.05) is 24.9 Å². The number of nitrogens with zero attached hydrogens (tertiary/aromatic N) is 3. The van der Waals surface area contributed by atoms with Crippen molar-refractivity contribution in [3.63, 3.8) is 0 Å². The van der Waals surface area contributed by atoms with Crippen LogP contribution in [0.3, 0.4) is 0 Å². The molecule has 0 saturated heterocycles. The summed E-state index contributed by atoms with van der Waals surface area (Å²) >= 11 is 0. The molecule has 0 unspecified atom stereocenters. The van der Waals surface area contributed by atoms with E-state index in [4.69, 9.17) is 16.2 Å². The van der Waals surface area contributed by atoms with E-state index in [1.54, 1.807) is 24.3 Å². The van der Waals surface area contributed by atoms with Crippen LogP contribution in [0, 0.1) is 45.3 Å². The topological polar surface area (TPSA) is 162 Å². The lowest BCUT2D eigenvalue weighted by atomic mass is 9.58. The SMILES string of the molecule is N#CC1=C(N)C(C#N)(C#N)[C@H](c2ccc(OCC(N)=O)cc2)[C@@H]2CNCC=C12. The van der Waals surface area contributed by atoms with Gasteiger partial charge in [-0.1, -0.05) is 18.2 Å². The molecular formula is C20H18N6O2. The second-order valence-corrected chi connectivity index (χ2v) is 6.66. The Kier molecular flexibility index (Phi) is 5.04. The van der Waals surface area contributed by atoms with E-state index in [0.717, 1.165) is 5.57 Å². The minimum absolute atomic E-state index is 0.0107. The molecule has 8 nitrogen and oxygen atoms in total. The van der Waals surface area contributed by atoms with Gasteiger partial charge in [0.15, 0.2) is 12.0 Å². The third kappa shape index (κ3) is 2.95. The summed E-state index contributed by atoms with van der Waals surface area (Å²) in [7, 11) is 0. The fraction of sp³-hybridized carbons (Fsp3) is 0.300. The Bertz CT molecular complexity index is 973. The Morgan fingerprint density at radius 3 is 2.50 bits per heavy atom. The van der Waals surface area contributed by atoms with Crippen LogP contribution in [-0.2, 0) is 4.79 Å². The molecule has 2 atom stereocenters. The minimum Gasteiger partial charge on any atom is -0.484 e. The van der Waals surface area contributed by atoms with E-state index >= 15 is 0 Å². The van der Waals surface area contributed by atoms with Crippen molar-refractivity contribution < 1.29 is 9.53 Å².